The number of ether oxygens (including phenoxy) is 2. The van der Waals surface area contributed by atoms with Gasteiger partial charge in [0.05, 0.1) is 36.1 Å². The summed E-state index contributed by atoms with van der Waals surface area (Å²) in [6.07, 6.45) is 8.82. The predicted molar refractivity (Wildman–Crippen MR) is 122 cm³/mol. The average molecular weight is 471 g/mol. The van der Waals surface area contributed by atoms with Crippen molar-refractivity contribution in [3.63, 3.8) is 0 Å². The molecule has 0 radical (unpaired) electrons. The normalized spacial score (nSPS) is 19.3. The maximum absolute atomic E-state index is 13.6. The number of hydrogen-bond acceptors (Lipinski definition) is 7. The Kier molecular flexibility index (Phi) is 7.16. The number of benzene rings is 1. The van der Waals surface area contributed by atoms with Gasteiger partial charge in [-0.3, -0.25) is 0 Å². The van der Waals surface area contributed by atoms with Crippen LogP contribution in [0.1, 0.15) is 33.6 Å². The first-order chi connectivity index (χ1) is 15.9. The molecule has 0 N–H and O–H groups in total. The van der Waals surface area contributed by atoms with Crippen molar-refractivity contribution in [1.82, 2.24) is 19.1 Å². The van der Waals surface area contributed by atoms with E-state index >= 15 is 0 Å². The summed E-state index contributed by atoms with van der Waals surface area (Å²) in [5, 5.41) is 13.6. The summed E-state index contributed by atoms with van der Waals surface area (Å²) in [4.78, 5) is 18.2. The molecule has 2 atom stereocenters. The molecule has 172 valence electrons. The molecule has 0 fully saturated rings. The van der Waals surface area contributed by atoms with Gasteiger partial charge in [0.15, 0.2) is 0 Å². The van der Waals surface area contributed by atoms with Gasteiger partial charge in [-0.05, 0) is 25.0 Å². The largest absolute Gasteiger partial charge is 1.00 e. The predicted octanol–water partition coefficient (Wildman–Crippen LogP) is -1.38. The van der Waals surface area contributed by atoms with Crippen molar-refractivity contribution in [3.05, 3.63) is 64.8 Å². The van der Waals surface area contributed by atoms with E-state index in [1.165, 1.54) is 0 Å². The van der Waals surface area contributed by atoms with E-state index in [1.54, 1.807) is 12.7 Å². The Balaban J connectivity index is 0.00000274. The third kappa shape index (κ3) is 4.92. The third-order valence-corrected chi connectivity index (χ3v) is 5.93. The van der Waals surface area contributed by atoms with Gasteiger partial charge in [0.2, 0.25) is 11.8 Å². The first-order valence-electron chi connectivity index (χ1n) is 11.0. The molecule has 2 aliphatic heterocycles. The van der Waals surface area contributed by atoms with E-state index in [9.17, 15) is 5.11 Å². The Bertz CT molecular complexity index is 1170. The second kappa shape index (κ2) is 9.93. The van der Waals surface area contributed by atoms with Gasteiger partial charge in [-0.2, -0.15) is 0 Å². The molecule has 1 aromatic carbocycles. The Labute approximate surface area is 220 Å². The average Bonchev–Trinajstić information content (AvgIpc) is 3.54. The molecular formula is C24H27N6NaO3. The molecule has 0 bridgehead atoms. The minimum atomic E-state index is -0.151. The van der Waals surface area contributed by atoms with Crippen LogP contribution in [-0.4, -0.2) is 56.2 Å². The Hall–Kier alpha value is -2.62. The summed E-state index contributed by atoms with van der Waals surface area (Å²) < 4.78 is 15.6. The summed E-state index contributed by atoms with van der Waals surface area (Å²) >= 11 is 0. The molecule has 0 unspecified atom stereocenters. The third-order valence-electron chi connectivity index (χ3n) is 5.93. The minimum Gasteiger partial charge on any atom is -0.871 e. The van der Waals surface area contributed by atoms with Crippen LogP contribution in [0.3, 0.4) is 0 Å². The van der Waals surface area contributed by atoms with Crippen molar-refractivity contribution in [1.29, 1.82) is 0 Å². The molecule has 9 nitrogen and oxygen atoms in total. The van der Waals surface area contributed by atoms with Crippen molar-refractivity contribution in [3.8, 4) is 5.75 Å². The van der Waals surface area contributed by atoms with Crippen LogP contribution in [0.15, 0.2) is 41.1 Å². The Morgan fingerprint density at radius 1 is 0.853 bits per heavy atom. The maximum Gasteiger partial charge on any atom is 1.00 e. The number of aryl methyl sites for hydroxylation is 4. The second-order valence-corrected chi connectivity index (χ2v) is 8.86. The Morgan fingerprint density at radius 2 is 1.29 bits per heavy atom. The fourth-order valence-corrected chi connectivity index (χ4v) is 4.42. The molecule has 5 rings (SSSR count). The van der Waals surface area contributed by atoms with Gasteiger partial charge in [-0.15, -0.1) is 0 Å². The molecular weight excluding hydrogens is 443 g/mol. The zero-order valence-electron chi connectivity index (χ0n) is 20.3. The van der Waals surface area contributed by atoms with Gasteiger partial charge >= 0.3 is 29.6 Å². The van der Waals surface area contributed by atoms with Crippen molar-refractivity contribution in [2.75, 3.05) is 13.2 Å². The van der Waals surface area contributed by atoms with Crippen LogP contribution >= 0.6 is 0 Å². The number of rotatable bonds is 6. The quantitative estimate of drug-likeness (QED) is 0.414. The molecule has 2 aliphatic rings. The fourth-order valence-electron chi connectivity index (χ4n) is 4.42. The van der Waals surface area contributed by atoms with E-state index in [0.29, 0.717) is 49.0 Å². The van der Waals surface area contributed by atoms with Crippen LogP contribution < -0.4 is 34.7 Å². The molecule has 3 aromatic rings. The molecule has 0 amide bonds. The zero-order valence-corrected chi connectivity index (χ0v) is 22.3. The minimum absolute atomic E-state index is 0. The molecule has 2 aromatic heterocycles. The van der Waals surface area contributed by atoms with Crippen LogP contribution in [0, 0.1) is 13.8 Å². The number of imidazole rings is 2. The maximum atomic E-state index is 13.6. The van der Waals surface area contributed by atoms with Crippen molar-refractivity contribution in [2.45, 2.75) is 38.8 Å². The van der Waals surface area contributed by atoms with Gasteiger partial charge in [0.1, 0.15) is 13.2 Å². The van der Waals surface area contributed by atoms with E-state index in [-0.39, 0.29) is 47.4 Å². The molecule has 0 spiro atoms. The zero-order chi connectivity index (χ0) is 23.1. The first-order valence-corrected chi connectivity index (χ1v) is 11.0. The number of nitrogens with zero attached hydrogens (tertiary/aromatic N) is 6. The van der Waals surface area contributed by atoms with E-state index in [2.05, 4.69) is 9.97 Å². The molecule has 4 heterocycles. The van der Waals surface area contributed by atoms with E-state index in [1.807, 2.05) is 55.5 Å². The van der Waals surface area contributed by atoms with Crippen molar-refractivity contribution in [2.24, 2.45) is 24.1 Å². The topological polar surface area (TPSA) is 102 Å². The van der Waals surface area contributed by atoms with Gasteiger partial charge in [-0.1, -0.05) is 11.8 Å². The number of aliphatic imine (C=N–C) groups is 2. The van der Waals surface area contributed by atoms with Crippen LogP contribution in [-0.2, 0) is 36.4 Å². The summed E-state index contributed by atoms with van der Waals surface area (Å²) in [7, 11) is 3.87. The molecule has 34 heavy (non-hydrogen) atoms. The smallest absolute Gasteiger partial charge is 0.871 e. The van der Waals surface area contributed by atoms with E-state index in [0.717, 1.165) is 22.5 Å². The first kappa shape index (κ1) is 24.5. The Morgan fingerprint density at radius 3 is 1.68 bits per heavy atom. The van der Waals surface area contributed by atoms with Crippen LogP contribution in [0.4, 0.5) is 0 Å². The molecule has 10 heteroatoms. The molecule has 0 saturated carbocycles. The van der Waals surface area contributed by atoms with Gasteiger partial charge in [0.25, 0.3) is 0 Å². The number of hydrogen-bond donors (Lipinski definition) is 0. The van der Waals surface area contributed by atoms with Crippen molar-refractivity contribution >= 4 is 11.8 Å². The van der Waals surface area contributed by atoms with Gasteiger partial charge < -0.3 is 23.7 Å². The van der Waals surface area contributed by atoms with E-state index < -0.39 is 0 Å². The van der Waals surface area contributed by atoms with Crippen LogP contribution in [0.5, 0.6) is 5.75 Å². The summed E-state index contributed by atoms with van der Waals surface area (Å²) in [6.45, 7) is 4.68. The molecule has 0 saturated heterocycles. The van der Waals surface area contributed by atoms with Crippen LogP contribution in [0.2, 0.25) is 0 Å². The van der Waals surface area contributed by atoms with E-state index in [4.69, 9.17) is 19.5 Å². The summed E-state index contributed by atoms with van der Waals surface area (Å²) in [6, 6.07) is 1.84. The fraction of sp³-hybridized carbons (Fsp3) is 0.417. The molecule has 0 aliphatic carbocycles. The standard InChI is InChI=1S/C24H28N6O3.Na/c1-14-5-15(2)21(24-28-19(11-33-24)7-17-9-30(4)13-26-17)22(31)20(14)23-27-18(10-32-23)6-16-8-29(3)12-25-16;/h5,8-9,12-13,18-19,31H,6-7,10-11H2,1-4H3;/q;+1/p-1/t18-,19-;/m0./s1. The summed E-state index contributed by atoms with van der Waals surface area (Å²) in [5.41, 5.74) is 4.54. The van der Waals surface area contributed by atoms with Gasteiger partial charge in [-0.25, -0.2) is 20.0 Å². The van der Waals surface area contributed by atoms with Crippen LogP contribution in [0.25, 0.3) is 0 Å². The second-order valence-electron chi connectivity index (χ2n) is 8.86. The summed E-state index contributed by atoms with van der Waals surface area (Å²) in [5.74, 6) is 0.633. The monoisotopic (exact) mass is 470 g/mol. The van der Waals surface area contributed by atoms with Gasteiger partial charge in [0, 0.05) is 50.5 Å². The number of aromatic nitrogens is 4. The van der Waals surface area contributed by atoms with Crippen molar-refractivity contribution < 1.29 is 44.1 Å². The SMILES string of the molecule is Cc1cc(C)c(C2=N[C@@H](Cc3cn(C)cn3)CO2)c([O-])c1C1=N[C@@H](Cc2cn(C)cn2)CO1.[Na+].